The van der Waals surface area contributed by atoms with Crippen LogP contribution in [0.5, 0.6) is 0 Å². The standard InChI is InChI=1S/C20H29NO4Si/c1-14(2)12-26(13-15(3)4)17-7-5-16(6-8-17)11-20(24)25-21-18(22)9-10-19(21)23/h5-8,14-15,26H,9-13H2,1-4H3. The van der Waals surface area contributed by atoms with Crippen molar-refractivity contribution in [3.8, 4) is 0 Å². The summed E-state index contributed by atoms with van der Waals surface area (Å²) in [6.07, 6.45) is 0.273. The lowest BCUT2D eigenvalue weighted by Crippen LogP contribution is -2.33. The van der Waals surface area contributed by atoms with E-state index in [2.05, 4.69) is 39.8 Å². The van der Waals surface area contributed by atoms with Crippen LogP contribution < -0.4 is 5.19 Å². The molecule has 0 spiro atoms. The second-order valence-electron chi connectivity index (χ2n) is 7.92. The van der Waals surface area contributed by atoms with Gasteiger partial charge in [0.2, 0.25) is 0 Å². The van der Waals surface area contributed by atoms with Gasteiger partial charge in [0.05, 0.1) is 15.2 Å². The molecule has 5 nitrogen and oxygen atoms in total. The van der Waals surface area contributed by atoms with Crippen molar-refractivity contribution in [1.29, 1.82) is 0 Å². The van der Waals surface area contributed by atoms with Crippen LogP contribution in [0.1, 0.15) is 46.1 Å². The number of hydrogen-bond donors (Lipinski definition) is 0. The second kappa shape index (κ2) is 9.12. The highest BCUT2D eigenvalue weighted by Crippen LogP contribution is 2.16. The largest absolute Gasteiger partial charge is 0.337 e. The summed E-state index contributed by atoms with van der Waals surface area (Å²) in [4.78, 5) is 39.9. The van der Waals surface area contributed by atoms with Crippen molar-refractivity contribution in [2.45, 2.75) is 59.0 Å². The van der Waals surface area contributed by atoms with Crippen molar-refractivity contribution in [1.82, 2.24) is 5.06 Å². The lowest BCUT2D eigenvalue weighted by Gasteiger charge is -2.20. The van der Waals surface area contributed by atoms with E-state index in [0.29, 0.717) is 16.9 Å². The molecule has 1 heterocycles. The zero-order valence-corrected chi connectivity index (χ0v) is 17.3. The molecule has 1 aliphatic rings. The number of imide groups is 1. The van der Waals surface area contributed by atoms with Gasteiger partial charge in [-0.15, -0.1) is 5.06 Å². The van der Waals surface area contributed by atoms with E-state index < -0.39 is 26.6 Å². The number of rotatable bonds is 8. The molecule has 0 saturated carbocycles. The number of hydrogen-bond acceptors (Lipinski definition) is 4. The number of carbonyl (C=O) groups is 3. The molecule has 2 amide bonds. The molecule has 1 fully saturated rings. The second-order valence-corrected chi connectivity index (χ2v) is 10.9. The van der Waals surface area contributed by atoms with Gasteiger partial charge in [-0.1, -0.05) is 69.2 Å². The molecule has 0 atom stereocenters. The van der Waals surface area contributed by atoms with Crippen molar-refractivity contribution >= 4 is 31.8 Å². The molecule has 0 bridgehead atoms. The molecule has 1 saturated heterocycles. The molecule has 142 valence electrons. The van der Waals surface area contributed by atoms with E-state index >= 15 is 0 Å². The van der Waals surface area contributed by atoms with Crippen molar-refractivity contribution in [2.24, 2.45) is 11.8 Å². The van der Waals surface area contributed by atoms with Gasteiger partial charge in [-0.2, -0.15) is 0 Å². The molecule has 0 aliphatic carbocycles. The highest BCUT2D eigenvalue weighted by Gasteiger charge is 2.32. The summed E-state index contributed by atoms with van der Waals surface area (Å²) in [5, 5.41) is 2.03. The molecular weight excluding hydrogens is 346 g/mol. The lowest BCUT2D eigenvalue weighted by atomic mass is 10.1. The third-order valence-corrected chi connectivity index (χ3v) is 8.86. The van der Waals surface area contributed by atoms with Gasteiger partial charge >= 0.3 is 5.97 Å². The van der Waals surface area contributed by atoms with Gasteiger partial charge < -0.3 is 4.84 Å². The third-order valence-electron chi connectivity index (χ3n) is 4.51. The highest BCUT2D eigenvalue weighted by molar-refractivity contribution is 6.73. The first-order valence-electron chi connectivity index (χ1n) is 9.41. The number of nitrogens with zero attached hydrogens (tertiary/aromatic N) is 1. The molecule has 2 rings (SSSR count). The van der Waals surface area contributed by atoms with Gasteiger partial charge in [-0.05, 0) is 17.4 Å². The van der Waals surface area contributed by atoms with Crippen LogP contribution in [-0.2, 0) is 25.6 Å². The number of benzene rings is 1. The number of amides is 2. The van der Waals surface area contributed by atoms with Gasteiger partial charge in [0.15, 0.2) is 0 Å². The molecule has 0 N–H and O–H groups in total. The minimum Gasteiger partial charge on any atom is -0.330 e. The van der Waals surface area contributed by atoms with Crippen molar-refractivity contribution in [3.05, 3.63) is 29.8 Å². The molecule has 1 aromatic carbocycles. The Morgan fingerprint density at radius 3 is 1.96 bits per heavy atom. The quantitative estimate of drug-likeness (QED) is 0.517. The predicted octanol–water partition coefficient (Wildman–Crippen LogP) is 2.58. The summed E-state index contributed by atoms with van der Waals surface area (Å²) in [6.45, 7) is 9.08. The zero-order chi connectivity index (χ0) is 19.3. The van der Waals surface area contributed by atoms with Crippen LogP contribution in [0, 0.1) is 11.8 Å². The van der Waals surface area contributed by atoms with Gasteiger partial charge in [0.1, 0.15) is 0 Å². The Bertz CT molecular complexity index is 628. The van der Waals surface area contributed by atoms with E-state index in [-0.39, 0.29) is 19.3 Å². The molecular formula is C20H29NO4Si. The number of carbonyl (C=O) groups excluding carboxylic acids is 3. The molecule has 6 heteroatoms. The first kappa shape index (κ1) is 20.4. The van der Waals surface area contributed by atoms with Crippen molar-refractivity contribution in [3.63, 3.8) is 0 Å². The Balaban J connectivity index is 1.98. The smallest absolute Gasteiger partial charge is 0.330 e. The molecule has 26 heavy (non-hydrogen) atoms. The van der Waals surface area contributed by atoms with Crippen LogP contribution in [0.15, 0.2) is 24.3 Å². The van der Waals surface area contributed by atoms with Crippen LogP contribution in [0.25, 0.3) is 0 Å². The third kappa shape index (κ3) is 5.80. The van der Waals surface area contributed by atoms with Crippen molar-refractivity contribution in [2.75, 3.05) is 0 Å². The van der Waals surface area contributed by atoms with E-state index in [4.69, 9.17) is 4.84 Å². The minimum atomic E-state index is -1.02. The average molecular weight is 376 g/mol. The Hall–Kier alpha value is -1.95. The Morgan fingerprint density at radius 1 is 1.00 bits per heavy atom. The Labute approximate surface area is 157 Å². The van der Waals surface area contributed by atoms with E-state index in [1.54, 1.807) is 0 Å². The molecule has 0 unspecified atom stereocenters. The summed E-state index contributed by atoms with van der Waals surface area (Å²) in [6, 6.07) is 10.8. The number of hydroxylamine groups is 2. The maximum absolute atomic E-state index is 12.0. The maximum atomic E-state index is 12.0. The Kier molecular flexibility index (Phi) is 7.14. The fraction of sp³-hybridized carbons (Fsp3) is 0.550. The van der Waals surface area contributed by atoms with E-state index in [0.717, 1.165) is 5.56 Å². The SMILES string of the molecule is CC(C)C[SiH](CC(C)C)c1ccc(CC(=O)ON2C(=O)CCC2=O)cc1. The summed E-state index contributed by atoms with van der Waals surface area (Å²) >= 11 is 0. The van der Waals surface area contributed by atoms with Crippen LogP contribution in [0.2, 0.25) is 12.1 Å². The topological polar surface area (TPSA) is 63.7 Å². The summed E-state index contributed by atoms with van der Waals surface area (Å²) in [7, 11) is -1.02. The van der Waals surface area contributed by atoms with Crippen LogP contribution in [-0.4, -0.2) is 31.6 Å². The van der Waals surface area contributed by atoms with E-state index in [1.807, 2.05) is 12.1 Å². The van der Waals surface area contributed by atoms with E-state index in [1.165, 1.54) is 17.3 Å². The van der Waals surface area contributed by atoms with Gasteiger partial charge in [-0.25, -0.2) is 4.79 Å². The van der Waals surface area contributed by atoms with Crippen LogP contribution in [0.4, 0.5) is 0 Å². The van der Waals surface area contributed by atoms with Gasteiger partial charge in [0, 0.05) is 12.8 Å². The Morgan fingerprint density at radius 2 is 1.50 bits per heavy atom. The highest BCUT2D eigenvalue weighted by atomic mass is 28.3. The van der Waals surface area contributed by atoms with Crippen LogP contribution in [0.3, 0.4) is 0 Å². The first-order chi connectivity index (χ1) is 12.3. The fourth-order valence-corrected chi connectivity index (χ4v) is 7.12. The van der Waals surface area contributed by atoms with E-state index in [9.17, 15) is 14.4 Å². The monoisotopic (exact) mass is 375 g/mol. The molecule has 1 aromatic rings. The molecule has 0 aromatic heterocycles. The maximum Gasteiger partial charge on any atom is 0.337 e. The summed E-state index contributed by atoms with van der Waals surface area (Å²) in [5.74, 6) is -0.101. The van der Waals surface area contributed by atoms with Gasteiger partial charge in [-0.3, -0.25) is 9.59 Å². The average Bonchev–Trinajstić information content (AvgIpc) is 2.86. The lowest BCUT2D eigenvalue weighted by molar-refractivity contribution is -0.197. The fourth-order valence-electron chi connectivity index (χ4n) is 3.37. The first-order valence-corrected chi connectivity index (χ1v) is 11.6. The normalized spacial score (nSPS) is 14.8. The summed E-state index contributed by atoms with van der Waals surface area (Å²) in [5.41, 5.74) is 0.833. The summed E-state index contributed by atoms with van der Waals surface area (Å²) < 4.78 is 0. The minimum absolute atomic E-state index is 0.0535. The van der Waals surface area contributed by atoms with Crippen LogP contribution >= 0.6 is 0 Å². The van der Waals surface area contributed by atoms with Gasteiger partial charge in [0.25, 0.3) is 11.8 Å². The molecule has 1 aliphatic heterocycles. The van der Waals surface area contributed by atoms with Crippen molar-refractivity contribution < 1.29 is 19.2 Å². The molecule has 0 radical (unpaired) electrons. The predicted molar refractivity (Wildman–Crippen MR) is 103 cm³/mol. The zero-order valence-electron chi connectivity index (χ0n) is 16.2.